The van der Waals surface area contributed by atoms with E-state index in [2.05, 4.69) is 20.2 Å². The van der Waals surface area contributed by atoms with Crippen LogP contribution in [0.3, 0.4) is 0 Å². The van der Waals surface area contributed by atoms with Crippen LogP contribution in [0, 0.1) is 11.7 Å². The number of carbonyl (C=O) groups excluding carboxylic acids is 2. The molecular weight excluding hydrogens is 435 g/mol. The van der Waals surface area contributed by atoms with Crippen molar-refractivity contribution in [2.45, 2.75) is 26.4 Å². The molecule has 3 aromatic rings. The number of para-hydroxylation sites is 1. The van der Waals surface area contributed by atoms with Gasteiger partial charge in [-0.15, -0.1) is 0 Å². The number of benzene rings is 2. The minimum atomic E-state index is -0.660. The molecule has 0 aliphatic carbocycles. The van der Waals surface area contributed by atoms with Crippen molar-refractivity contribution in [1.82, 2.24) is 25.1 Å². The van der Waals surface area contributed by atoms with Crippen LogP contribution in [0.1, 0.15) is 30.0 Å². The lowest BCUT2D eigenvalue weighted by molar-refractivity contribution is -0.136. The number of nitrogens with one attached hydrogen (secondary N) is 1. The van der Waals surface area contributed by atoms with Gasteiger partial charge >= 0.3 is 0 Å². The van der Waals surface area contributed by atoms with Gasteiger partial charge in [0.25, 0.3) is 5.91 Å². The van der Waals surface area contributed by atoms with Gasteiger partial charge < -0.3 is 16.0 Å². The van der Waals surface area contributed by atoms with Gasteiger partial charge in [0.1, 0.15) is 23.5 Å². The highest BCUT2D eigenvalue weighted by atomic mass is 19.1. The number of hydrogen-bond acceptors (Lipinski definition) is 6. The zero-order valence-electron chi connectivity index (χ0n) is 19.4. The van der Waals surface area contributed by atoms with Crippen LogP contribution in [-0.2, 0) is 11.3 Å². The zero-order valence-corrected chi connectivity index (χ0v) is 19.4. The summed E-state index contributed by atoms with van der Waals surface area (Å²) in [7, 11) is 0. The summed E-state index contributed by atoms with van der Waals surface area (Å²) < 4.78 is 13.2. The third-order valence-electron chi connectivity index (χ3n) is 6.05. The minimum Gasteiger partial charge on any atom is -0.383 e. The number of rotatable bonds is 6. The van der Waals surface area contributed by atoms with E-state index in [0.29, 0.717) is 49.9 Å². The van der Waals surface area contributed by atoms with Crippen LogP contribution < -0.4 is 11.1 Å². The van der Waals surface area contributed by atoms with Gasteiger partial charge in [-0.2, -0.15) is 0 Å². The number of nitrogens with two attached hydrogens (primary N) is 1. The van der Waals surface area contributed by atoms with Gasteiger partial charge in [0.15, 0.2) is 0 Å². The van der Waals surface area contributed by atoms with E-state index in [4.69, 9.17) is 5.73 Å². The van der Waals surface area contributed by atoms with Gasteiger partial charge in [0, 0.05) is 37.1 Å². The van der Waals surface area contributed by atoms with E-state index >= 15 is 0 Å². The van der Waals surface area contributed by atoms with Gasteiger partial charge in [-0.3, -0.25) is 14.5 Å². The van der Waals surface area contributed by atoms with Crippen LogP contribution in [-0.4, -0.2) is 63.8 Å². The van der Waals surface area contributed by atoms with Crippen molar-refractivity contribution in [3.63, 3.8) is 0 Å². The van der Waals surface area contributed by atoms with Gasteiger partial charge in [-0.1, -0.05) is 26.0 Å². The smallest absolute Gasteiger partial charge is 0.251 e. The molecule has 3 N–H and O–H groups in total. The molecule has 2 amide bonds. The molecule has 178 valence electrons. The number of piperazine rings is 1. The number of carbonyl (C=O) groups is 2. The van der Waals surface area contributed by atoms with Gasteiger partial charge in [0.05, 0.1) is 12.1 Å². The highest BCUT2D eigenvalue weighted by Crippen LogP contribution is 2.18. The fourth-order valence-corrected chi connectivity index (χ4v) is 4.08. The third kappa shape index (κ3) is 5.31. The Labute approximate surface area is 198 Å². The number of amides is 2. The number of halogens is 1. The molecular formula is C25H29FN6O2. The van der Waals surface area contributed by atoms with Crippen molar-refractivity contribution in [3.05, 3.63) is 65.7 Å². The fourth-order valence-electron chi connectivity index (χ4n) is 4.08. The summed E-state index contributed by atoms with van der Waals surface area (Å²) in [5, 5.41) is 3.66. The first kappa shape index (κ1) is 23.6. The molecule has 1 aliphatic rings. The second-order valence-corrected chi connectivity index (χ2v) is 8.85. The second kappa shape index (κ2) is 10.1. The number of hydrogen-bond donors (Lipinski definition) is 2. The summed E-state index contributed by atoms with van der Waals surface area (Å²) in [6.45, 7) is 6.74. The maximum Gasteiger partial charge on any atom is 0.251 e. The number of aromatic nitrogens is 2. The first-order chi connectivity index (χ1) is 16.3. The Hall–Kier alpha value is -3.59. The first-order valence-electron chi connectivity index (χ1n) is 11.4. The maximum atomic E-state index is 13.2. The van der Waals surface area contributed by atoms with E-state index in [1.54, 1.807) is 4.90 Å². The predicted molar refractivity (Wildman–Crippen MR) is 128 cm³/mol. The lowest BCUT2D eigenvalue weighted by Gasteiger charge is -2.37. The van der Waals surface area contributed by atoms with E-state index in [1.807, 2.05) is 38.1 Å². The second-order valence-electron chi connectivity index (χ2n) is 8.85. The van der Waals surface area contributed by atoms with E-state index in [-0.39, 0.29) is 11.8 Å². The molecule has 1 atom stereocenters. The highest BCUT2D eigenvalue weighted by Gasteiger charge is 2.31. The largest absolute Gasteiger partial charge is 0.383 e. The summed E-state index contributed by atoms with van der Waals surface area (Å²) in [6, 6.07) is 12.3. The zero-order chi connectivity index (χ0) is 24.2. The standard InChI is InChI=1S/C25H29FN6O2/c1-16(2)22(30-24(33)17-7-9-18(26)10-8-17)25(34)32-13-11-31(12-14-32)15-21-28-20-6-4-3-5-19(20)23(27)29-21/h3-10,16,22H,11-15H2,1-2H3,(H,30,33)(H2,27,28,29). The number of nitrogen functional groups attached to an aromatic ring is 1. The average Bonchev–Trinajstić information content (AvgIpc) is 2.83. The summed E-state index contributed by atoms with van der Waals surface area (Å²) in [5.41, 5.74) is 7.23. The molecule has 0 bridgehead atoms. The molecule has 1 unspecified atom stereocenters. The normalized spacial score (nSPS) is 15.5. The maximum absolute atomic E-state index is 13.2. The Kier molecular flexibility index (Phi) is 7.02. The summed E-state index contributed by atoms with van der Waals surface area (Å²) in [6.07, 6.45) is 0. The Balaban J connectivity index is 1.36. The van der Waals surface area contributed by atoms with Crippen molar-refractivity contribution >= 4 is 28.5 Å². The average molecular weight is 465 g/mol. The van der Waals surface area contributed by atoms with E-state index < -0.39 is 17.8 Å². The topological polar surface area (TPSA) is 104 Å². The van der Waals surface area contributed by atoms with Gasteiger partial charge in [-0.25, -0.2) is 14.4 Å². The molecule has 1 aromatic heterocycles. The molecule has 0 radical (unpaired) electrons. The molecule has 2 heterocycles. The molecule has 1 fully saturated rings. The summed E-state index contributed by atoms with van der Waals surface area (Å²) in [5.74, 6) is 0.105. The SMILES string of the molecule is CC(C)C(NC(=O)c1ccc(F)cc1)C(=O)N1CCN(Cc2nc(N)c3ccccc3n2)CC1. The Morgan fingerprint density at radius 2 is 1.71 bits per heavy atom. The summed E-state index contributed by atoms with van der Waals surface area (Å²) in [4.78, 5) is 38.8. The van der Waals surface area contributed by atoms with Crippen LogP contribution in [0.15, 0.2) is 48.5 Å². The minimum absolute atomic E-state index is 0.0936. The van der Waals surface area contributed by atoms with Crippen LogP contribution in [0.5, 0.6) is 0 Å². The highest BCUT2D eigenvalue weighted by molar-refractivity contribution is 5.97. The molecule has 1 aliphatic heterocycles. The molecule has 2 aromatic carbocycles. The van der Waals surface area contributed by atoms with E-state index in [1.165, 1.54) is 24.3 Å². The van der Waals surface area contributed by atoms with Crippen molar-refractivity contribution in [1.29, 1.82) is 0 Å². The van der Waals surface area contributed by atoms with Crippen LogP contribution in [0.25, 0.3) is 10.9 Å². The van der Waals surface area contributed by atoms with Crippen LogP contribution in [0.4, 0.5) is 10.2 Å². The fraction of sp³-hybridized carbons (Fsp3) is 0.360. The molecule has 0 spiro atoms. The van der Waals surface area contributed by atoms with Crippen molar-refractivity contribution in [3.8, 4) is 0 Å². The quantitative estimate of drug-likeness (QED) is 0.581. The number of fused-ring (bicyclic) bond motifs is 1. The van der Waals surface area contributed by atoms with Gasteiger partial charge in [-0.05, 0) is 42.3 Å². The predicted octanol–water partition coefficient (Wildman–Crippen LogP) is 2.45. The molecule has 8 nitrogen and oxygen atoms in total. The molecule has 4 rings (SSSR count). The van der Waals surface area contributed by atoms with E-state index in [0.717, 1.165) is 10.9 Å². The van der Waals surface area contributed by atoms with Gasteiger partial charge in [0.2, 0.25) is 5.91 Å². The summed E-state index contributed by atoms with van der Waals surface area (Å²) >= 11 is 0. The number of nitrogens with zero attached hydrogens (tertiary/aromatic N) is 4. The van der Waals surface area contributed by atoms with Crippen molar-refractivity contribution in [2.24, 2.45) is 5.92 Å². The lowest BCUT2D eigenvalue weighted by atomic mass is 10.0. The third-order valence-corrected chi connectivity index (χ3v) is 6.05. The van der Waals surface area contributed by atoms with E-state index in [9.17, 15) is 14.0 Å². The lowest BCUT2D eigenvalue weighted by Crippen LogP contribution is -2.56. The Morgan fingerprint density at radius 3 is 2.38 bits per heavy atom. The van der Waals surface area contributed by atoms with Crippen molar-refractivity contribution < 1.29 is 14.0 Å². The number of anilines is 1. The Morgan fingerprint density at radius 1 is 1.03 bits per heavy atom. The monoisotopic (exact) mass is 464 g/mol. The molecule has 1 saturated heterocycles. The molecule has 9 heteroatoms. The molecule has 34 heavy (non-hydrogen) atoms. The Bertz CT molecular complexity index is 1180. The first-order valence-corrected chi connectivity index (χ1v) is 11.4. The van der Waals surface area contributed by atoms with Crippen LogP contribution in [0.2, 0.25) is 0 Å². The van der Waals surface area contributed by atoms with Crippen LogP contribution >= 0.6 is 0 Å². The van der Waals surface area contributed by atoms with Crippen molar-refractivity contribution in [2.75, 3.05) is 31.9 Å². The molecule has 0 saturated carbocycles.